The van der Waals surface area contributed by atoms with Crippen molar-refractivity contribution in [1.82, 2.24) is 0 Å². The number of hydrogen-bond acceptors (Lipinski definition) is 4. The van der Waals surface area contributed by atoms with Gasteiger partial charge in [0.2, 0.25) is 0 Å². The average molecular weight is 208 g/mol. The lowest BCUT2D eigenvalue weighted by Gasteiger charge is -2.11. The maximum absolute atomic E-state index is 10.7. The first-order valence-electron chi connectivity index (χ1n) is 4.85. The Kier molecular flexibility index (Phi) is 2.82. The molecule has 1 atom stereocenters. The molecule has 0 amide bonds. The molecule has 2 rings (SSSR count). The maximum Gasteiger partial charge on any atom is 0.292 e. The highest BCUT2D eigenvalue weighted by atomic mass is 16.6. The molecule has 0 radical (unpaired) electrons. The van der Waals surface area contributed by atoms with E-state index in [0.29, 0.717) is 12.3 Å². The zero-order valence-electron chi connectivity index (χ0n) is 8.18. The predicted octanol–water partition coefficient (Wildman–Crippen LogP) is 1.80. The van der Waals surface area contributed by atoms with Crippen LogP contribution >= 0.6 is 0 Å². The van der Waals surface area contributed by atoms with Gasteiger partial charge >= 0.3 is 0 Å². The third-order valence-corrected chi connectivity index (χ3v) is 2.39. The number of nitro groups is 1. The minimum absolute atomic E-state index is 0.115. The molecule has 0 spiro atoms. The molecule has 1 heterocycles. The molecule has 80 valence electrons. The fraction of sp³-hybridized carbons (Fsp3) is 0.400. The Labute approximate surface area is 87.2 Å². The highest BCUT2D eigenvalue weighted by Crippen LogP contribution is 2.25. The topological polar surface area (TPSA) is 64.4 Å². The highest BCUT2D eigenvalue weighted by molar-refractivity contribution is 5.61. The summed E-state index contributed by atoms with van der Waals surface area (Å²) in [5.41, 5.74) is 0.683. The van der Waals surface area contributed by atoms with Crippen LogP contribution < -0.4 is 5.32 Å². The van der Waals surface area contributed by atoms with Gasteiger partial charge in [-0.1, -0.05) is 12.1 Å². The lowest BCUT2D eigenvalue weighted by molar-refractivity contribution is -0.384. The van der Waals surface area contributed by atoms with Crippen LogP contribution in [0.15, 0.2) is 24.3 Å². The molecule has 15 heavy (non-hydrogen) atoms. The van der Waals surface area contributed by atoms with E-state index in [0.717, 1.165) is 13.0 Å². The molecule has 1 aliphatic heterocycles. The molecule has 1 N–H and O–H groups in total. The van der Waals surface area contributed by atoms with Crippen molar-refractivity contribution in [3.63, 3.8) is 0 Å². The van der Waals surface area contributed by atoms with Crippen LogP contribution in [0.4, 0.5) is 11.4 Å². The molecule has 5 heteroatoms. The zero-order valence-corrected chi connectivity index (χ0v) is 8.18. The Morgan fingerprint density at radius 3 is 2.93 bits per heavy atom. The summed E-state index contributed by atoms with van der Waals surface area (Å²) in [6.45, 7) is 1.34. The SMILES string of the molecule is O=[N+]([O-])c1ccccc1N[C@H]1CCOC1. The fourth-order valence-corrected chi connectivity index (χ4v) is 1.62. The molecular weight excluding hydrogens is 196 g/mol. The quantitative estimate of drug-likeness (QED) is 0.607. The van der Waals surface area contributed by atoms with E-state index in [9.17, 15) is 10.1 Å². The van der Waals surface area contributed by atoms with E-state index in [-0.39, 0.29) is 16.7 Å². The molecule has 1 aliphatic rings. The molecule has 1 aromatic rings. The molecule has 5 nitrogen and oxygen atoms in total. The van der Waals surface area contributed by atoms with Crippen LogP contribution in [0, 0.1) is 10.1 Å². The maximum atomic E-state index is 10.7. The van der Waals surface area contributed by atoms with E-state index in [2.05, 4.69) is 5.32 Å². The van der Waals surface area contributed by atoms with Crippen LogP contribution in [0.25, 0.3) is 0 Å². The average Bonchev–Trinajstić information content (AvgIpc) is 2.71. The Hall–Kier alpha value is -1.62. The van der Waals surface area contributed by atoms with Crippen LogP contribution in [0.2, 0.25) is 0 Å². The normalized spacial score (nSPS) is 20.1. The number of nitrogens with zero attached hydrogens (tertiary/aromatic N) is 1. The second-order valence-electron chi connectivity index (χ2n) is 3.48. The number of hydrogen-bond donors (Lipinski definition) is 1. The summed E-state index contributed by atoms with van der Waals surface area (Å²) >= 11 is 0. The largest absolute Gasteiger partial charge is 0.379 e. The van der Waals surface area contributed by atoms with Crippen LogP contribution in [0.1, 0.15) is 6.42 Å². The van der Waals surface area contributed by atoms with Gasteiger partial charge in [0.1, 0.15) is 5.69 Å². The number of anilines is 1. The van der Waals surface area contributed by atoms with E-state index in [1.165, 1.54) is 6.07 Å². The van der Waals surface area contributed by atoms with Gasteiger partial charge in [-0.05, 0) is 12.5 Å². The van der Waals surface area contributed by atoms with Crippen molar-refractivity contribution in [2.75, 3.05) is 18.5 Å². The van der Waals surface area contributed by atoms with Crippen molar-refractivity contribution < 1.29 is 9.66 Å². The molecule has 0 aromatic heterocycles. The Bertz CT molecular complexity index is 361. The number of para-hydroxylation sites is 2. The van der Waals surface area contributed by atoms with Gasteiger partial charge in [0, 0.05) is 12.7 Å². The second kappa shape index (κ2) is 4.27. The molecule has 1 saturated heterocycles. The van der Waals surface area contributed by atoms with Crippen LogP contribution in [-0.4, -0.2) is 24.2 Å². The smallest absolute Gasteiger partial charge is 0.292 e. The van der Waals surface area contributed by atoms with E-state index < -0.39 is 0 Å². The zero-order chi connectivity index (χ0) is 10.7. The van der Waals surface area contributed by atoms with E-state index >= 15 is 0 Å². The van der Waals surface area contributed by atoms with E-state index in [1.54, 1.807) is 18.2 Å². The summed E-state index contributed by atoms with van der Waals surface area (Å²) in [6.07, 6.45) is 0.895. The summed E-state index contributed by atoms with van der Waals surface area (Å²) in [7, 11) is 0. The molecule has 0 bridgehead atoms. The van der Waals surface area contributed by atoms with Gasteiger partial charge < -0.3 is 10.1 Å². The number of nitrogens with one attached hydrogen (secondary N) is 1. The van der Waals surface area contributed by atoms with Gasteiger partial charge in [-0.15, -0.1) is 0 Å². The first-order valence-corrected chi connectivity index (χ1v) is 4.85. The van der Waals surface area contributed by atoms with Crippen LogP contribution in [-0.2, 0) is 4.74 Å². The monoisotopic (exact) mass is 208 g/mol. The van der Waals surface area contributed by atoms with Crippen LogP contribution in [0.5, 0.6) is 0 Å². The number of nitro benzene ring substituents is 1. The third kappa shape index (κ3) is 2.24. The Morgan fingerprint density at radius 1 is 1.47 bits per heavy atom. The molecule has 1 aromatic carbocycles. The molecule has 0 saturated carbocycles. The minimum atomic E-state index is -0.377. The van der Waals surface area contributed by atoms with Crippen molar-refractivity contribution >= 4 is 11.4 Å². The minimum Gasteiger partial charge on any atom is -0.379 e. The highest BCUT2D eigenvalue weighted by Gasteiger charge is 2.19. The van der Waals surface area contributed by atoms with Gasteiger partial charge in [0.25, 0.3) is 5.69 Å². The van der Waals surface area contributed by atoms with Crippen molar-refractivity contribution in [3.8, 4) is 0 Å². The van der Waals surface area contributed by atoms with Crippen molar-refractivity contribution in [2.24, 2.45) is 0 Å². The van der Waals surface area contributed by atoms with E-state index in [1.807, 2.05) is 0 Å². The molecule has 1 fully saturated rings. The van der Waals surface area contributed by atoms with Gasteiger partial charge in [-0.2, -0.15) is 0 Å². The lowest BCUT2D eigenvalue weighted by atomic mass is 10.2. The first kappa shape index (κ1) is 9.92. The summed E-state index contributed by atoms with van der Waals surface area (Å²) in [4.78, 5) is 10.4. The summed E-state index contributed by atoms with van der Waals surface area (Å²) in [5, 5.41) is 13.9. The molecule has 0 aliphatic carbocycles. The van der Waals surface area contributed by atoms with E-state index in [4.69, 9.17) is 4.74 Å². The summed E-state index contributed by atoms with van der Waals surface area (Å²) < 4.78 is 5.20. The number of benzene rings is 1. The standard InChI is InChI=1S/C10H12N2O3/c13-12(14)10-4-2-1-3-9(10)11-8-5-6-15-7-8/h1-4,8,11H,5-7H2/t8-/m0/s1. The van der Waals surface area contributed by atoms with Crippen molar-refractivity contribution in [2.45, 2.75) is 12.5 Å². The first-order chi connectivity index (χ1) is 7.27. The van der Waals surface area contributed by atoms with Gasteiger partial charge in [0.05, 0.1) is 17.6 Å². The molecular formula is C10H12N2O3. The van der Waals surface area contributed by atoms with Gasteiger partial charge in [0.15, 0.2) is 0 Å². The number of ether oxygens (including phenoxy) is 1. The third-order valence-electron chi connectivity index (χ3n) is 2.39. The Balaban J connectivity index is 2.15. The van der Waals surface area contributed by atoms with Gasteiger partial charge in [-0.3, -0.25) is 10.1 Å². The van der Waals surface area contributed by atoms with Crippen LogP contribution in [0.3, 0.4) is 0 Å². The van der Waals surface area contributed by atoms with Gasteiger partial charge in [-0.25, -0.2) is 0 Å². The fourth-order valence-electron chi connectivity index (χ4n) is 1.62. The lowest BCUT2D eigenvalue weighted by Crippen LogP contribution is -2.19. The second-order valence-corrected chi connectivity index (χ2v) is 3.48. The number of rotatable bonds is 3. The van der Waals surface area contributed by atoms with Crippen molar-refractivity contribution in [1.29, 1.82) is 0 Å². The summed E-state index contributed by atoms with van der Waals surface area (Å²) in [5.74, 6) is 0. The predicted molar refractivity (Wildman–Crippen MR) is 55.9 cm³/mol. The summed E-state index contributed by atoms with van der Waals surface area (Å²) in [6, 6.07) is 6.85. The van der Waals surface area contributed by atoms with Crippen molar-refractivity contribution in [3.05, 3.63) is 34.4 Å². The molecule has 0 unspecified atom stereocenters. The Morgan fingerprint density at radius 2 is 2.27 bits per heavy atom.